The minimum atomic E-state index is 0.00926. The quantitative estimate of drug-likeness (QED) is 0.934. The van der Waals surface area contributed by atoms with Gasteiger partial charge in [-0.25, -0.2) is 4.79 Å². The highest BCUT2D eigenvalue weighted by molar-refractivity contribution is 5.83. The van der Waals surface area contributed by atoms with Crippen LogP contribution in [0.5, 0.6) is 0 Å². The van der Waals surface area contributed by atoms with E-state index in [1.165, 1.54) is 10.8 Å². The monoisotopic (exact) mass is 325 g/mol. The Morgan fingerprint density at radius 2 is 2.00 bits per heavy atom. The molecular weight excluding hydrogens is 298 g/mol. The van der Waals surface area contributed by atoms with Crippen molar-refractivity contribution < 1.29 is 4.79 Å². The molecule has 1 fully saturated rings. The third kappa shape index (κ3) is 3.88. The molecule has 4 nitrogen and oxygen atoms in total. The first kappa shape index (κ1) is 16.8. The summed E-state index contributed by atoms with van der Waals surface area (Å²) in [6, 6.07) is 14.8. The van der Waals surface area contributed by atoms with Crippen LogP contribution in [0.1, 0.15) is 24.9 Å². The number of rotatable bonds is 4. The van der Waals surface area contributed by atoms with Gasteiger partial charge in [-0.2, -0.15) is 0 Å². The van der Waals surface area contributed by atoms with Crippen molar-refractivity contribution in [1.82, 2.24) is 15.1 Å². The Bertz CT molecular complexity index is 713. The van der Waals surface area contributed by atoms with E-state index in [2.05, 4.69) is 61.6 Å². The van der Waals surface area contributed by atoms with E-state index >= 15 is 0 Å². The minimum absolute atomic E-state index is 0.00926. The third-order valence-corrected chi connectivity index (χ3v) is 4.81. The van der Waals surface area contributed by atoms with Gasteiger partial charge in [-0.1, -0.05) is 36.4 Å². The average molecular weight is 325 g/mol. The number of hydrogen-bond donors (Lipinski definition) is 1. The van der Waals surface area contributed by atoms with Gasteiger partial charge in [0.05, 0.1) is 6.04 Å². The molecule has 0 spiro atoms. The fourth-order valence-corrected chi connectivity index (χ4v) is 3.52. The van der Waals surface area contributed by atoms with E-state index < -0.39 is 0 Å². The predicted octanol–water partition coefficient (Wildman–Crippen LogP) is 3.49. The first-order valence-electron chi connectivity index (χ1n) is 8.72. The summed E-state index contributed by atoms with van der Waals surface area (Å²) in [5.41, 5.74) is 1.14. The summed E-state index contributed by atoms with van der Waals surface area (Å²) in [5, 5.41) is 5.59. The second kappa shape index (κ2) is 7.22. The number of carbonyl (C=O) groups is 1. The highest BCUT2D eigenvalue weighted by Gasteiger charge is 2.27. The number of nitrogens with one attached hydrogen (secondary N) is 1. The Morgan fingerprint density at radius 3 is 2.75 bits per heavy atom. The molecule has 24 heavy (non-hydrogen) atoms. The summed E-state index contributed by atoms with van der Waals surface area (Å²) < 4.78 is 0. The minimum Gasteiger partial charge on any atom is -0.331 e. The molecule has 1 aliphatic rings. The molecular formula is C20H27N3O. The van der Waals surface area contributed by atoms with E-state index in [0.29, 0.717) is 5.92 Å². The molecule has 2 unspecified atom stereocenters. The van der Waals surface area contributed by atoms with Crippen molar-refractivity contribution >= 4 is 16.8 Å². The summed E-state index contributed by atoms with van der Waals surface area (Å²) in [4.78, 5) is 16.7. The molecule has 0 aromatic heterocycles. The number of benzene rings is 2. The number of nitrogens with zero attached hydrogens (tertiary/aromatic N) is 2. The second-order valence-electron chi connectivity index (χ2n) is 7.14. The number of fused-ring (bicyclic) bond motifs is 1. The smallest absolute Gasteiger partial charge is 0.317 e. The van der Waals surface area contributed by atoms with Crippen LogP contribution in [-0.4, -0.2) is 49.6 Å². The van der Waals surface area contributed by atoms with Crippen LogP contribution in [-0.2, 0) is 0 Å². The summed E-state index contributed by atoms with van der Waals surface area (Å²) in [7, 11) is 4.18. The molecule has 0 bridgehead atoms. The van der Waals surface area contributed by atoms with Crippen molar-refractivity contribution in [3.8, 4) is 0 Å². The molecule has 0 aliphatic carbocycles. The van der Waals surface area contributed by atoms with Crippen molar-refractivity contribution in [2.24, 2.45) is 5.92 Å². The molecule has 0 radical (unpaired) electrons. The molecule has 1 N–H and O–H groups in total. The lowest BCUT2D eigenvalue weighted by atomic mass is 10.0. The zero-order valence-corrected chi connectivity index (χ0v) is 14.8. The second-order valence-corrected chi connectivity index (χ2v) is 7.14. The Kier molecular flexibility index (Phi) is 5.05. The van der Waals surface area contributed by atoms with Gasteiger partial charge in [-0.3, -0.25) is 0 Å². The van der Waals surface area contributed by atoms with Gasteiger partial charge in [-0.05, 0) is 55.8 Å². The largest absolute Gasteiger partial charge is 0.331 e. The summed E-state index contributed by atoms with van der Waals surface area (Å²) in [6.45, 7) is 4.81. The normalized spacial score (nSPS) is 19.0. The Labute approximate surface area is 144 Å². The van der Waals surface area contributed by atoms with E-state index in [1.54, 1.807) is 0 Å². The van der Waals surface area contributed by atoms with Gasteiger partial charge in [0.15, 0.2) is 0 Å². The maximum absolute atomic E-state index is 12.5. The molecule has 4 heteroatoms. The number of urea groups is 1. The number of carbonyl (C=O) groups excluding carboxylic acids is 1. The summed E-state index contributed by atoms with van der Waals surface area (Å²) in [6.07, 6.45) is 1.09. The molecule has 1 heterocycles. The van der Waals surface area contributed by atoms with Crippen LogP contribution in [0.4, 0.5) is 4.79 Å². The number of amides is 2. The number of hydrogen-bond acceptors (Lipinski definition) is 2. The molecule has 3 rings (SSSR count). The Hall–Kier alpha value is -2.07. The number of likely N-dealkylation sites (tertiary alicyclic amines) is 1. The van der Waals surface area contributed by atoms with Gasteiger partial charge < -0.3 is 15.1 Å². The summed E-state index contributed by atoms with van der Waals surface area (Å²) in [5.74, 6) is 0.585. The molecule has 1 aliphatic heterocycles. The highest BCUT2D eigenvalue weighted by Crippen LogP contribution is 2.22. The summed E-state index contributed by atoms with van der Waals surface area (Å²) >= 11 is 0. The maximum atomic E-state index is 12.5. The lowest BCUT2D eigenvalue weighted by Crippen LogP contribution is -2.40. The molecule has 2 amide bonds. The first-order chi connectivity index (χ1) is 11.5. The SMILES string of the molecule is CC(NC(=O)N1CCC(CN(C)C)C1)c1ccc2ccccc2c1. The van der Waals surface area contributed by atoms with Crippen molar-refractivity contribution in [3.63, 3.8) is 0 Å². The van der Waals surface area contributed by atoms with Crippen molar-refractivity contribution in [1.29, 1.82) is 0 Å². The van der Waals surface area contributed by atoms with Gasteiger partial charge in [-0.15, -0.1) is 0 Å². The van der Waals surface area contributed by atoms with Crippen LogP contribution in [0.3, 0.4) is 0 Å². The first-order valence-corrected chi connectivity index (χ1v) is 8.72. The maximum Gasteiger partial charge on any atom is 0.317 e. The van der Waals surface area contributed by atoms with Crippen LogP contribution >= 0.6 is 0 Å². The van der Waals surface area contributed by atoms with Gasteiger partial charge in [0, 0.05) is 19.6 Å². The Balaban J connectivity index is 1.61. The predicted molar refractivity (Wildman–Crippen MR) is 99.1 cm³/mol. The molecule has 2 aromatic rings. The lowest BCUT2D eigenvalue weighted by molar-refractivity contribution is 0.202. The van der Waals surface area contributed by atoms with Crippen molar-refractivity contribution in [3.05, 3.63) is 48.0 Å². The van der Waals surface area contributed by atoms with Crippen LogP contribution in [0, 0.1) is 5.92 Å². The van der Waals surface area contributed by atoms with Gasteiger partial charge in [0.2, 0.25) is 0 Å². The topological polar surface area (TPSA) is 35.6 Å². The van der Waals surface area contributed by atoms with Crippen LogP contribution in [0.2, 0.25) is 0 Å². The van der Waals surface area contributed by atoms with Crippen LogP contribution in [0.15, 0.2) is 42.5 Å². The van der Waals surface area contributed by atoms with E-state index in [1.807, 2.05) is 17.0 Å². The van der Waals surface area contributed by atoms with E-state index in [9.17, 15) is 4.79 Å². The fraction of sp³-hybridized carbons (Fsp3) is 0.450. The van der Waals surface area contributed by atoms with Gasteiger partial charge in [0.1, 0.15) is 0 Å². The molecule has 128 valence electrons. The average Bonchev–Trinajstić information content (AvgIpc) is 3.02. The zero-order chi connectivity index (χ0) is 17.1. The Morgan fingerprint density at radius 1 is 1.25 bits per heavy atom. The van der Waals surface area contributed by atoms with E-state index in [0.717, 1.165) is 31.6 Å². The van der Waals surface area contributed by atoms with Crippen molar-refractivity contribution in [2.45, 2.75) is 19.4 Å². The lowest BCUT2D eigenvalue weighted by Gasteiger charge is -2.22. The van der Waals surface area contributed by atoms with Crippen LogP contribution in [0.25, 0.3) is 10.8 Å². The van der Waals surface area contributed by atoms with E-state index in [4.69, 9.17) is 0 Å². The van der Waals surface area contributed by atoms with E-state index in [-0.39, 0.29) is 12.1 Å². The standard InChI is InChI=1S/C20H27N3O/c1-15(18-9-8-17-6-4-5-7-19(17)12-18)21-20(24)23-11-10-16(14-23)13-22(2)3/h4-9,12,15-16H,10-11,13-14H2,1-3H3,(H,21,24). The third-order valence-electron chi connectivity index (χ3n) is 4.81. The zero-order valence-electron chi connectivity index (χ0n) is 14.8. The van der Waals surface area contributed by atoms with Gasteiger partial charge in [0.25, 0.3) is 0 Å². The molecule has 0 saturated carbocycles. The van der Waals surface area contributed by atoms with Gasteiger partial charge >= 0.3 is 6.03 Å². The fourth-order valence-electron chi connectivity index (χ4n) is 3.52. The molecule has 2 atom stereocenters. The molecule has 1 saturated heterocycles. The molecule has 2 aromatic carbocycles. The van der Waals surface area contributed by atoms with Crippen molar-refractivity contribution in [2.75, 3.05) is 33.7 Å². The van der Waals surface area contributed by atoms with Crippen LogP contribution < -0.4 is 5.32 Å². The highest BCUT2D eigenvalue weighted by atomic mass is 16.2.